The number of alkyl halides is 2. The van der Waals surface area contributed by atoms with Gasteiger partial charge in [0.25, 0.3) is 6.43 Å². The first-order chi connectivity index (χ1) is 11.5. The Labute approximate surface area is 137 Å². The fourth-order valence-electron chi connectivity index (χ4n) is 2.44. The molecule has 0 N–H and O–H groups in total. The fourth-order valence-corrected chi connectivity index (χ4v) is 3.89. The topological polar surface area (TPSA) is 52.3 Å². The van der Waals surface area contributed by atoms with Crippen LogP contribution in [0, 0.1) is 0 Å². The number of halogens is 2. The van der Waals surface area contributed by atoms with Crippen molar-refractivity contribution in [3.8, 4) is 11.5 Å². The Hall–Kier alpha value is -2.04. The van der Waals surface area contributed by atoms with E-state index >= 15 is 0 Å². The lowest BCUT2D eigenvalue weighted by atomic mass is 10.1. The number of hydrogen-bond donors (Lipinski definition) is 0. The summed E-state index contributed by atoms with van der Waals surface area (Å²) in [5.41, 5.74) is 1.63. The minimum absolute atomic E-state index is 0.0545. The van der Waals surface area contributed by atoms with Gasteiger partial charge in [-0.15, -0.1) is 0 Å². The first-order valence-electron chi connectivity index (χ1n) is 7.41. The van der Waals surface area contributed by atoms with E-state index in [0.717, 1.165) is 0 Å². The van der Waals surface area contributed by atoms with E-state index in [4.69, 9.17) is 8.94 Å². The molecule has 0 saturated carbocycles. The lowest BCUT2D eigenvalue weighted by Gasteiger charge is -2.13. The van der Waals surface area contributed by atoms with E-state index in [-0.39, 0.29) is 5.56 Å². The van der Waals surface area contributed by atoms with E-state index in [1.165, 1.54) is 19.2 Å². The third kappa shape index (κ3) is 2.99. The highest BCUT2D eigenvalue weighted by Crippen LogP contribution is 2.44. The minimum Gasteiger partial charge on any atom is -0.436 e. The monoisotopic (exact) mass is 351 g/mol. The number of oxazole rings is 1. The highest BCUT2D eigenvalue weighted by Gasteiger charge is 2.23. The van der Waals surface area contributed by atoms with Gasteiger partial charge in [0.15, 0.2) is 5.58 Å². The summed E-state index contributed by atoms with van der Waals surface area (Å²) >= 11 is 0. The molecule has 0 spiro atoms. The summed E-state index contributed by atoms with van der Waals surface area (Å²) in [6, 6.07) is 10.8. The molecule has 0 bridgehead atoms. The molecule has 4 nitrogen and oxygen atoms in total. The van der Waals surface area contributed by atoms with Crippen LogP contribution in [0.25, 0.3) is 22.6 Å². The zero-order valence-corrected chi connectivity index (χ0v) is 14.1. The summed E-state index contributed by atoms with van der Waals surface area (Å²) in [5.74, 6) is 0.326. The summed E-state index contributed by atoms with van der Waals surface area (Å²) in [6.07, 6.45) is -2.13. The van der Waals surface area contributed by atoms with Crippen LogP contribution in [0.15, 0.2) is 46.9 Å². The van der Waals surface area contributed by atoms with E-state index in [9.17, 15) is 13.3 Å². The zero-order valence-electron chi connectivity index (χ0n) is 13.2. The smallest absolute Gasteiger partial charge is 0.263 e. The molecule has 1 heterocycles. The van der Waals surface area contributed by atoms with Gasteiger partial charge in [0.1, 0.15) is 5.52 Å². The van der Waals surface area contributed by atoms with Gasteiger partial charge in [-0.1, -0.05) is 19.1 Å². The predicted molar refractivity (Wildman–Crippen MR) is 89.2 cm³/mol. The normalized spacial score (nSPS) is 14.2. The molecule has 0 aliphatic carbocycles. The first kappa shape index (κ1) is 16.8. The number of nitrogens with zero attached hydrogens (tertiary/aromatic N) is 1. The van der Waals surface area contributed by atoms with Crippen LogP contribution >= 0.6 is 7.37 Å². The second kappa shape index (κ2) is 6.46. The Morgan fingerprint density at radius 3 is 2.50 bits per heavy atom. The summed E-state index contributed by atoms with van der Waals surface area (Å²) < 4.78 is 48.7. The van der Waals surface area contributed by atoms with Gasteiger partial charge in [0, 0.05) is 29.7 Å². The number of rotatable bonds is 5. The van der Waals surface area contributed by atoms with Gasteiger partial charge in [-0.2, -0.15) is 0 Å². The van der Waals surface area contributed by atoms with E-state index < -0.39 is 13.8 Å². The Bertz CT molecular complexity index is 898. The molecule has 0 radical (unpaired) electrons. The maximum Gasteiger partial charge on any atom is 0.263 e. The molecule has 0 amide bonds. The van der Waals surface area contributed by atoms with Gasteiger partial charge in [-0.05, 0) is 30.3 Å². The highest BCUT2D eigenvalue weighted by molar-refractivity contribution is 7.66. The van der Waals surface area contributed by atoms with Crippen molar-refractivity contribution in [2.24, 2.45) is 0 Å². The average Bonchev–Trinajstić information content (AvgIpc) is 3.04. The molecule has 2 aromatic carbocycles. The van der Waals surface area contributed by atoms with Crippen molar-refractivity contribution in [3.05, 3.63) is 48.0 Å². The maximum absolute atomic E-state index is 12.6. The van der Waals surface area contributed by atoms with Crippen LogP contribution in [0.3, 0.4) is 0 Å². The van der Waals surface area contributed by atoms with Crippen LogP contribution in [0.1, 0.15) is 18.9 Å². The van der Waals surface area contributed by atoms with Crippen molar-refractivity contribution in [2.75, 3.05) is 13.3 Å². The number of benzene rings is 2. The lowest BCUT2D eigenvalue weighted by molar-refractivity contribution is 0.151. The molecule has 126 valence electrons. The molecule has 0 aliphatic heterocycles. The second-order valence-corrected chi connectivity index (χ2v) is 8.13. The molecule has 3 aromatic rings. The highest BCUT2D eigenvalue weighted by atomic mass is 31.2. The largest absolute Gasteiger partial charge is 0.436 e. The third-order valence-electron chi connectivity index (χ3n) is 3.89. The molecule has 7 heteroatoms. The van der Waals surface area contributed by atoms with Gasteiger partial charge in [-0.3, -0.25) is 4.57 Å². The molecule has 1 unspecified atom stereocenters. The van der Waals surface area contributed by atoms with Crippen molar-refractivity contribution in [3.63, 3.8) is 0 Å². The van der Waals surface area contributed by atoms with Crippen LogP contribution in [-0.4, -0.2) is 18.3 Å². The second-order valence-electron chi connectivity index (χ2n) is 5.27. The van der Waals surface area contributed by atoms with Crippen molar-refractivity contribution >= 4 is 23.8 Å². The number of hydrogen-bond acceptors (Lipinski definition) is 4. The Balaban J connectivity index is 2.01. The van der Waals surface area contributed by atoms with E-state index in [2.05, 4.69) is 4.98 Å². The molecule has 1 atom stereocenters. The maximum atomic E-state index is 12.6. The molecular weight excluding hydrogens is 335 g/mol. The van der Waals surface area contributed by atoms with Crippen LogP contribution in [0.4, 0.5) is 8.78 Å². The average molecular weight is 351 g/mol. The van der Waals surface area contributed by atoms with Crippen LogP contribution < -0.4 is 5.30 Å². The zero-order chi connectivity index (χ0) is 17.3. The molecule has 24 heavy (non-hydrogen) atoms. The van der Waals surface area contributed by atoms with Crippen molar-refractivity contribution in [1.82, 2.24) is 4.98 Å². The van der Waals surface area contributed by atoms with E-state index in [1.807, 2.05) is 0 Å². The molecular formula is C17H16F2NO3P. The van der Waals surface area contributed by atoms with Crippen molar-refractivity contribution < 1.29 is 22.3 Å². The van der Waals surface area contributed by atoms with Crippen LogP contribution in [0.5, 0.6) is 0 Å². The standard InChI is InChI=1S/C17H16F2NO3P/c1-3-24(21,22-2)13-8-9-15-14(10-13)20-17(23-15)12-6-4-11(5-7-12)16(18)19/h4-10,16H,3H2,1-2H3. The van der Waals surface area contributed by atoms with Gasteiger partial charge < -0.3 is 8.94 Å². The summed E-state index contributed by atoms with van der Waals surface area (Å²) in [7, 11) is -1.46. The minimum atomic E-state index is -2.88. The van der Waals surface area contributed by atoms with Gasteiger partial charge in [-0.25, -0.2) is 13.8 Å². The predicted octanol–water partition coefficient (Wildman–Crippen LogP) is 5.00. The van der Waals surface area contributed by atoms with E-state index in [1.54, 1.807) is 37.3 Å². The van der Waals surface area contributed by atoms with Crippen molar-refractivity contribution in [1.29, 1.82) is 0 Å². The number of aromatic nitrogens is 1. The van der Waals surface area contributed by atoms with Gasteiger partial charge >= 0.3 is 0 Å². The lowest BCUT2D eigenvalue weighted by Crippen LogP contribution is -2.07. The van der Waals surface area contributed by atoms with Gasteiger partial charge in [0.2, 0.25) is 13.3 Å². The Morgan fingerprint density at radius 1 is 1.21 bits per heavy atom. The molecule has 0 saturated heterocycles. The van der Waals surface area contributed by atoms with E-state index in [0.29, 0.717) is 34.0 Å². The number of fused-ring (bicyclic) bond motifs is 1. The molecule has 3 rings (SSSR count). The summed E-state index contributed by atoms with van der Waals surface area (Å²) in [5, 5.41) is 0.577. The third-order valence-corrected chi connectivity index (χ3v) is 6.37. The Morgan fingerprint density at radius 2 is 1.92 bits per heavy atom. The van der Waals surface area contributed by atoms with Crippen LogP contribution in [0.2, 0.25) is 0 Å². The van der Waals surface area contributed by atoms with Gasteiger partial charge in [0.05, 0.1) is 0 Å². The summed E-state index contributed by atoms with van der Waals surface area (Å²) in [6.45, 7) is 1.80. The van der Waals surface area contributed by atoms with Crippen molar-refractivity contribution in [2.45, 2.75) is 13.3 Å². The summed E-state index contributed by atoms with van der Waals surface area (Å²) in [4.78, 5) is 4.37. The Kier molecular flexibility index (Phi) is 4.52. The quantitative estimate of drug-likeness (QED) is 0.607. The fraction of sp³-hybridized carbons (Fsp3) is 0.235. The molecule has 0 fully saturated rings. The first-order valence-corrected chi connectivity index (χ1v) is 9.22. The molecule has 1 aromatic heterocycles. The SMILES string of the molecule is CCP(=O)(OC)c1ccc2oc(-c3ccc(C(F)F)cc3)nc2c1. The van der Waals surface area contributed by atoms with Crippen LogP contribution in [-0.2, 0) is 9.09 Å². The molecule has 0 aliphatic rings.